The fourth-order valence-electron chi connectivity index (χ4n) is 4.35. The van der Waals surface area contributed by atoms with Gasteiger partial charge in [0.1, 0.15) is 5.70 Å². The van der Waals surface area contributed by atoms with Gasteiger partial charge in [0.25, 0.3) is 5.91 Å². The average Bonchev–Trinajstić information content (AvgIpc) is 3.29. The van der Waals surface area contributed by atoms with E-state index in [1.807, 2.05) is 6.08 Å². The predicted octanol–water partition coefficient (Wildman–Crippen LogP) is 1.69. The van der Waals surface area contributed by atoms with Gasteiger partial charge in [0.15, 0.2) is 0 Å². The Labute approximate surface area is 170 Å². The zero-order valence-corrected chi connectivity index (χ0v) is 16.3. The van der Waals surface area contributed by atoms with E-state index in [0.717, 1.165) is 38.2 Å². The fourth-order valence-corrected chi connectivity index (χ4v) is 4.35. The lowest BCUT2D eigenvalue weighted by molar-refractivity contribution is -0.114. The molecule has 148 valence electrons. The molecule has 2 aliphatic heterocycles. The third-order valence-corrected chi connectivity index (χ3v) is 5.90. The Balaban J connectivity index is 1.29. The van der Waals surface area contributed by atoms with Crippen molar-refractivity contribution in [3.63, 3.8) is 0 Å². The number of rotatable bonds is 3. The van der Waals surface area contributed by atoms with E-state index in [4.69, 9.17) is 5.11 Å². The van der Waals surface area contributed by atoms with Gasteiger partial charge < -0.3 is 15.3 Å². The molecule has 1 aliphatic carbocycles. The van der Waals surface area contributed by atoms with E-state index in [0.29, 0.717) is 18.2 Å². The molecule has 0 atom stereocenters. The molecular weight excluding hydrogens is 364 g/mol. The molecule has 0 bridgehead atoms. The number of nitrogens with one attached hydrogen (secondary N) is 1. The Morgan fingerprint density at radius 2 is 1.83 bits per heavy atom. The van der Waals surface area contributed by atoms with Gasteiger partial charge >= 0.3 is 0 Å². The van der Waals surface area contributed by atoms with Crippen LogP contribution >= 0.6 is 0 Å². The highest BCUT2D eigenvalue weighted by molar-refractivity contribution is 6.12. The highest BCUT2D eigenvalue weighted by Gasteiger charge is 2.27. The van der Waals surface area contributed by atoms with Crippen LogP contribution in [0, 0.1) is 0 Å². The van der Waals surface area contributed by atoms with Gasteiger partial charge in [-0.1, -0.05) is 42.5 Å². The number of amides is 1. The Kier molecular flexibility index (Phi) is 4.66. The van der Waals surface area contributed by atoms with Gasteiger partial charge in [-0.3, -0.25) is 9.69 Å². The molecule has 1 saturated heterocycles. The van der Waals surface area contributed by atoms with Crippen LogP contribution in [0.1, 0.15) is 16.7 Å². The number of carbonyl (C=O) groups is 1. The molecule has 2 aromatic rings. The maximum absolute atomic E-state index is 12.4. The van der Waals surface area contributed by atoms with Gasteiger partial charge in [-0.15, -0.1) is 0 Å². The average molecular weight is 388 g/mol. The zero-order valence-electron chi connectivity index (χ0n) is 16.3. The third-order valence-electron chi connectivity index (χ3n) is 5.90. The van der Waals surface area contributed by atoms with Gasteiger partial charge in [0.2, 0.25) is 5.96 Å². The van der Waals surface area contributed by atoms with E-state index in [1.54, 1.807) is 0 Å². The number of hydrogen-bond acceptors (Lipinski definition) is 5. The minimum atomic E-state index is -0.221. The van der Waals surface area contributed by atoms with E-state index in [2.05, 4.69) is 62.6 Å². The van der Waals surface area contributed by atoms with Crippen molar-refractivity contribution in [1.82, 2.24) is 15.1 Å². The Morgan fingerprint density at radius 1 is 1.03 bits per heavy atom. The summed E-state index contributed by atoms with van der Waals surface area (Å²) in [7, 11) is 0. The lowest BCUT2D eigenvalue weighted by Gasteiger charge is -2.35. The summed E-state index contributed by atoms with van der Waals surface area (Å²) in [6.45, 7) is 4.18. The number of hydrogen-bond donors (Lipinski definition) is 2. The number of nitrogens with zero attached hydrogens (tertiary/aromatic N) is 3. The van der Waals surface area contributed by atoms with Crippen LogP contribution in [0.3, 0.4) is 0 Å². The van der Waals surface area contributed by atoms with E-state index in [1.165, 1.54) is 22.3 Å². The van der Waals surface area contributed by atoms with Crippen LogP contribution < -0.4 is 5.32 Å². The first-order valence-electron chi connectivity index (χ1n) is 10.1. The van der Waals surface area contributed by atoms with Gasteiger partial charge in [0, 0.05) is 32.7 Å². The minimum Gasteiger partial charge on any atom is -0.395 e. The molecule has 29 heavy (non-hydrogen) atoms. The van der Waals surface area contributed by atoms with Gasteiger partial charge in [-0.25, -0.2) is 0 Å². The highest BCUT2D eigenvalue weighted by Crippen LogP contribution is 2.37. The van der Waals surface area contributed by atoms with Crippen LogP contribution in [0.25, 0.3) is 17.2 Å². The number of guanidine groups is 1. The maximum atomic E-state index is 12.4. The second-order valence-corrected chi connectivity index (χ2v) is 7.73. The molecule has 2 heterocycles. The van der Waals surface area contributed by atoms with E-state index >= 15 is 0 Å². The van der Waals surface area contributed by atoms with Gasteiger partial charge in [0.05, 0.1) is 6.61 Å². The van der Waals surface area contributed by atoms with E-state index < -0.39 is 0 Å². The summed E-state index contributed by atoms with van der Waals surface area (Å²) in [5.41, 5.74) is 6.78. The molecule has 5 rings (SSSR count). The molecule has 1 fully saturated rings. The van der Waals surface area contributed by atoms with E-state index in [-0.39, 0.29) is 12.5 Å². The summed E-state index contributed by atoms with van der Waals surface area (Å²) in [6.07, 6.45) is 2.83. The molecule has 0 saturated carbocycles. The number of piperazine rings is 1. The normalized spacial score (nSPS) is 19.9. The molecule has 6 heteroatoms. The van der Waals surface area contributed by atoms with Crippen molar-refractivity contribution in [1.29, 1.82) is 0 Å². The van der Waals surface area contributed by atoms with Crippen molar-refractivity contribution in [3.8, 4) is 11.1 Å². The fraction of sp³-hybridized carbons (Fsp3) is 0.304. The molecule has 1 amide bonds. The van der Waals surface area contributed by atoms with Gasteiger partial charge in [-0.05, 0) is 40.3 Å². The molecule has 0 radical (unpaired) electrons. The Hall–Kier alpha value is -2.96. The predicted molar refractivity (Wildman–Crippen MR) is 113 cm³/mol. The van der Waals surface area contributed by atoms with Crippen molar-refractivity contribution < 1.29 is 9.90 Å². The standard InChI is InChI=1S/C23H24N4O2/c28-12-11-26-7-9-27(10-8-26)23-24-21(22(29)25-23)14-16-5-6-20-18(13-16)15-17-3-1-2-4-19(17)20/h1-6,13-14,28H,7-12,15H2,(H,24,25,29)/b21-14-. The smallest absolute Gasteiger partial charge is 0.296 e. The third kappa shape index (κ3) is 3.45. The number of aliphatic hydroxyl groups is 1. The highest BCUT2D eigenvalue weighted by atomic mass is 16.3. The molecule has 0 unspecified atom stereocenters. The second kappa shape index (κ2) is 7.46. The molecule has 3 aliphatic rings. The second-order valence-electron chi connectivity index (χ2n) is 7.73. The van der Waals surface area contributed by atoms with Crippen molar-refractivity contribution in [2.45, 2.75) is 6.42 Å². The minimum absolute atomic E-state index is 0.177. The molecule has 0 aromatic heterocycles. The van der Waals surface area contributed by atoms with E-state index in [9.17, 15) is 4.79 Å². The first kappa shape index (κ1) is 18.1. The molecule has 0 spiro atoms. The monoisotopic (exact) mass is 388 g/mol. The number of carbonyl (C=O) groups excluding carboxylic acids is 1. The Morgan fingerprint density at radius 3 is 2.66 bits per heavy atom. The van der Waals surface area contributed by atoms with Crippen LogP contribution in [-0.2, 0) is 11.2 Å². The van der Waals surface area contributed by atoms with Crippen LogP contribution in [-0.4, -0.2) is 66.1 Å². The SMILES string of the molecule is O=C1N=C(N2CCN(CCO)CC2)N/C1=C\c1ccc2c(c1)Cc1ccccc1-2. The van der Waals surface area contributed by atoms with Crippen molar-refractivity contribution >= 4 is 17.9 Å². The van der Waals surface area contributed by atoms with Crippen LogP contribution in [0.15, 0.2) is 53.2 Å². The largest absolute Gasteiger partial charge is 0.395 e. The summed E-state index contributed by atoms with van der Waals surface area (Å²) in [5.74, 6) is 0.417. The molecular formula is C23H24N4O2. The summed E-state index contributed by atoms with van der Waals surface area (Å²) in [6, 6.07) is 14.9. The van der Waals surface area contributed by atoms with Crippen molar-refractivity contribution in [2.24, 2.45) is 4.99 Å². The van der Waals surface area contributed by atoms with Crippen molar-refractivity contribution in [3.05, 3.63) is 64.9 Å². The van der Waals surface area contributed by atoms with Crippen LogP contribution in [0.4, 0.5) is 0 Å². The lowest BCUT2D eigenvalue weighted by Crippen LogP contribution is -2.51. The first-order chi connectivity index (χ1) is 14.2. The topological polar surface area (TPSA) is 68.2 Å². The molecule has 2 aromatic carbocycles. The lowest BCUT2D eigenvalue weighted by atomic mass is 10.0. The maximum Gasteiger partial charge on any atom is 0.296 e. The molecule has 2 N–H and O–H groups in total. The first-order valence-corrected chi connectivity index (χ1v) is 10.1. The quantitative estimate of drug-likeness (QED) is 0.669. The summed E-state index contributed by atoms with van der Waals surface area (Å²) >= 11 is 0. The Bertz CT molecular complexity index is 1020. The van der Waals surface area contributed by atoms with Crippen LogP contribution in [0.5, 0.6) is 0 Å². The number of benzene rings is 2. The summed E-state index contributed by atoms with van der Waals surface area (Å²) < 4.78 is 0. The number of aliphatic imine (C=N–C) groups is 1. The summed E-state index contributed by atoms with van der Waals surface area (Å²) in [5, 5.41) is 12.3. The molecule has 6 nitrogen and oxygen atoms in total. The zero-order chi connectivity index (χ0) is 19.8. The number of fused-ring (bicyclic) bond motifs is 3. The van der Waals surface area contributed by atoms with Gasteiger partial charge in [-0.2, -0.15) is 4.99 Å². The van der Waals surface area contributed by atoms with Crippen molar-refractivity contribution in [2.75, 3.05) is 39.3 Å². The number of β-amino-alcohol motifs (C(OH)–C–C–N with tert-alkyl or cyclic N) is 1. The summed E-state index contributed by atoms with van der Waals surface area (Å²) in [4.78, 5) is 21.0. The van der Waals surface area contributed by atoms with Crippen LogP contribution in [0.2, 0.25) is 0 Å². The number of aliphatic hydroxyl groups excluding tert-OH is 1.